The van der Waals surface area contributed by atoms with E-state index in [1.165, 1.54) is 10.9 Å². The van der Waals surface area contributed by atoms with Gasteiger partial charge in [0, 0.05) is 30.6 Å². The lowest BCUT2D eigenvalue weighted by Crippen LogP contribution is -2.61. The van der Waals surface area contributed by atoms with E-state index in [-0.39, 0.29) is 30.5 Å². The molecule has 0 saturated carbocycles. The fraction of sp³-hybridized carbons (Fsp3) is 0.571. The third-order valence-corrected chi connectivity index (χ3v) is 7.33. The number of fused-ring (bicyclic) bond motifs is 2. The summed E-state index contributed by atoms with van der Waals surface area (Å²) in [6.07, 6.45) is 2.21. The molecule has 152 valence electrons. The molecule has 1 aromatic heterocycles. The van der Waals surface area contributed by atoms with Crippen LogP contribution in [0.3, 0.4) is 0 Å². The molecule has 1 aliphatic carbocycles. The number of hydrogen-bond donors (Lipinski definition) is 3. The molecule has 1 fully saturated rings. The highest BCUT2D eigenvalue weighted by atomic mass is 79.9. The van der Waals surface area contributed by atoms with E-state index in [0.29, 0.717) is 19.4 Å². The van der Waals surface area contributed by atoms with Crippen LogP contribution in [0.15, 0.2) is 22.8 Å². The zero-order valence-corrected chi connectivity index (χ0v) is 18.2. The van der Waals surface area contributed by atoms with Gasteiger partial charge in [-0.05, 0) is 59.4 Å². The topological polar surface area (TPSA) is 77.6 Å². The Morgan fingerprint density at radius 2 is 2.32 bits per heavy atom. The Morgan fingerprint density at radius 1 is 1.54 bits per heavy atom. The van der Waals surface area contributed by atoms with Crippen molar-refractivity contribution in [2.45, 2.75) is 43.9 Å². The number of amides is 1. The lowest BCUT2D eigenvalue weighted by molar-refractivity contribution is -0.148. The van der Waals surface area contributed by atoms with Crippen LogP contribution >= 0.6 is 15.9 Å². The molecule has 28 heavy (non-hydrogen) atoms. The van der Waals surface area contributed by atoms with Gasteiger partial charge in [-0.3, -0.25) is 9.69 Å². The molecule has 1 amide bonds. The van der Waals surface area contributed by atoms with E-state index in [1.54, 1.807) is 7.11 Å². The molecule has 7 heteroatoms. The number of aromatic nitrogens is 1. The SMILES string of the molecule is CCC(CO)NC(=O)C1CN(C)C2Cc3c(Br)[nH]c4cccc(c34)C2(OC)C1. The van der Waals surface area contributed by atoms with Crippen LogP contribution in [-0.4, -0.2) is 60.3 Å². The molecule has 6 nitrogen and oxygen atoms in total. The predicted molar refractivity (Wildman–Crippen MR) is 112 cm³/mol. The molecule has 4 rings (SSSR count). The number of likely N-dealkylation sites (N-methyl/N-ethyl adjacent to an activating group) is 1. The number of nitrogens with zero attached hydrogens (tertiary/aromatic N) is 1. The molecule has 4 atom stereocenters. The first-order valence-electron chi connectivity index (χ1n) is 9.91. The summed E-state index contributed by atoms with van der Waals surface area (Å²) in [6, 6.07) is 6.23. The monoisotopic (exact) mass is 449 g/mol. The van der Waals surface area contributed by atoms with E-state index < -0.39 is 5.60 Å². The summed E-state index contributed by atoms with van der Waals surface area (Å²) in [5.74, 6) is -0.197. The number of aromatic amines is 1. The third kappa shape index (κ3) is 2.91. The highest BCUT2D eigenvalue weighted by Gasteiger charge is 2.53. The molecule has 4 unspecified atom stereocenters. The molecular weight excluding hydrogens is 422 g/mol. The Morgan fingerprint density at radius 3 is 3.00 bits per heavy atom. The summed E-state index contributed by atoms with van der Waals surface area (Å²) in [4.78, 5) is 18.7. The molecule has 1 aromatic carbocycles. The second kappa shape index (κ2) is 7.44. The van der Waals surface area contributed by atoms with Gasteiger partial charge in [0.2, 0.25) is 5.91 Å². The van der Waals surface area contributed by atoms with Gasteiger partial charge in [0.15, 0.2) is 0 Å². The number of hydrogen-bond acceptors (Lipinski definition) is 4. The summed E-state index contributed by atoms with van der Waals surface area (Å²) < 4.78 is 7.28. The standard InChI is InChI=1S/C21H28BrN3O3/c1-4-13(11-26)23-20(27)12-9-21(28-3)15-6-5-7-16-18(15)14(19(22)24-16)8-17(21)25(2)10-12/h5-7,12-13,17,24,26H,4,8-11H2,1-3H3,(H,23,27). The Kier molecular flexibility index (Phi) is 5.29. The molecule has 2 heterocycles. The normalized spacial score (nSPS) is 28.2. The van der Waals surface area contributed by atoms with Gasteiger partial charge in [-0.1, -0.05) is 19.1 Å². The Bertz CT molecular complexity index is 894. The number of rotatable bonds is 5. The zero-order chi connectivity index (χ0) is 20.1. The summed E-state index contributed by atoms with van der Waals surface area (Å²) >= 11 is 3.69. The number of aliphatic hydroxyl groups is 1. The quantitative estimate of drug-likeness (QED) is 0.655. The third-order valence-electron chi connectivity index (χ3n) is 6.65. The van der Waals surface area contributed by atoms with Crippen molar-refractivity contribution in [3.8, 4) is 0 Å². The number of carbonyl (C=O) groups excluding carboxylic acids is 1. The fourth-order valence-corrected chi connectivity index (χ4v) is 5.70. The van der Waals surface area contributed by atoms with E-state index in [4.69, 9.17) is 4.74 Å². The van der Waals surface area contributed by atoms with Gasteiger partial charge in [0.1, 0.15) is 5.60 Å². The first-order valence-corrected chi connectivity index (χ1v) is 10.7. The van der Waals surface area contributed by atoms with Crippen LogP contribution in [0.25, 0.3) is 10.9 Å². The number of benzene rings is 1. The molecular formula is C21H28BrN3O3. The fourth-order valence-electron chi connectivity index (χ4n) is 5.13. The van der Waals surface area contributed by atoms with Crippen LogP contribution in [0.5, 0.6) is 0 Å². The van der Waals surface area contributed by atoms with Gasteiger partial charge in [0.05, 0.1) is 23.2 Å². The van der Waals surface area contributed by atoms with Crippen LogP contribution < -0.4 is 5.32 Å². The van der Waals surface area contributed by atoms with E-state index in [1.807, 2.05) is 6.92 Å². The Balaban J connectivity index is 1.75. The second-order valence-electron chi connectivity index (χ2n) is 8.10. The van der Waals surface area contributed by atoms with E-state index in [2.05, 4.69) is 56.4 Å². The molecule has 2 aliphatic rings. The molecule has 0 radical (unpaired) electrons. The van der Waals surface area contributed by atoms with E-state index >= 15 is 0 Å². The maximum Gasteiger partial charge on any atom is 0.224 e. The molecule has 2 aromatic rings. The average Bonchev–Trinajstić information content (AvgIpc) is 3.03. The van der Waals surface area contributed by atoms with Crippen molar-refractivity contribution in [3.05, 3.63) is 33.9 Å². The minimum Gasteiger partial charge on any atom is -0.394 e. The molecule has 1 saturated heterocycles. The number of H-pyrrole nitrogens is 1. The van der Waals surface area contributed by atoms with E-state index in [9.17, 15) is 9.90 Å². The number of halogens is 1. The summed E-state index contributed by atoms with van der Waals surface area (Å²) in [5.41, 5.74) is 2.99. The maximum absolute atomic E-state index is 13.0. The minimum absolute atomic E-state index is 0.00385. The van der Waals surface area contributed by atoms with Crippen molar-refractivity contribution in [1.29, 1.82) is 0 Å². The first kappa shape index (κ1) is 19.9. The minimum atomic E-state index is -0.538. The van der Waals surface area contributed by atoms with Crippen molar-refractivity contribution >= 4 is 32.7 Å². The number of methoxy groups -OCH3 is 1. The number of ether oxygens (including phenoxy) is 1. The number of likely N-dealkylation sites (tertiary alicyclic amines) is 1. The number of carbonyl (C=O) groups is 1. The molecule has 0 spiro atoms. The van der Waals surface area contributed by atoms with Gasteiger partial charge in [-0.15, -0.1) is 0 Å². The molecule has 0 bridgehead atoms. The van der Waals surface area contributed by atoms with Gasteiger partial charge in [0.25, 0.3) is 0 Å². The van der Waals surface area contributed by atoms with Gasteiger partial charge < -0.3 is 20.1 Å². The van der Waals surface area contributed by atoms with E-state index in [0.717, 1.165) is 22.1 Å². The summed E-state index contributed by atoms with van der Waals surface area (Å²) in [6.45, 7) is 2.60. The molecule has 3 N–H and O–H groups in total. The van der Waals surface area contributed by atoms with Crippen molar-refractivity contribution < 1.29 is 14.6 Å². The van der Waals surface area contributed by atoms with Crippen LogP contribution in [0, 0.1) is 5.92 Å². The predicted octanol–water partition coefficient (Wildman–Crippen LogP) is 2.54. The number of piperidine rings is 1. The van der Waals surface area contributed by atoms with Gasteiger partial charge in [-0.2, -0.15) is 0 Å². The van der Waals surface area contributed by atoms with Crippen molar-refractivity contribution in [1.82, 2.24) is 15.2 Å². The van der Waals surface area contributed by atoms with Crippen LogP contribution in [0.4, 0.5) is 0 Å². The molecule has 1 aliphatic heterocycles. The maximum atomic E-state index is 13.0. The number of nitrogens with one attached hydrogen (secondary N) is 2. The number of aliphatic hydroxyl groups excluding tert-OH is 1. The lowest BCUT2D eigenvalue weighted by atomic mass is 9.68. The summed E-state index contributed by atoms with van der Waals surface area (Å²) in [7, 11) is 3.84. The highest BCUT2D eigenvalue weighted by Crippen LogP contribution is 2.50. The largest absolute Gasteiger partial charge is 0.394 e. The summed E-state index contributed by atoms with van der Waals surface area (Å²) in [5, 5.41) is 13.7. The van der Waals surface area contributed by atoms with Gasteiger partial charge in [-0.25, -0.2) is 0 Å². The Labute approximate surface area is 173 Å². The highest BCUT2D eigenvalue weighted by molar-refractivity contribution is 9.10. The van der Waals surface area contributed by atoms with Gasteiger partial charge >= 0.3 is 0 Å². The van der Waals surface area contributed by atoms with Crippen LogP contribution in [-0.2, 0) is 21.6 Å². The second-order valence-corrected chi connectivity index (χ2v) is 8.89. The zero-order valence-electron chi connectivity index (χ0n) is 16.6. The smallest absolute Gasteiger partial charge is 0.224 e. The van der Waals surface area contributed by atoms with Crippen molar-refractivity contribution in [3.63, 3.8) is 0 Å². The average molecular weight is 450 g/mol. The first-order chi connectivity index (χ1) is 13.4. The Hall–Kier alpha value is -1.41. The van der Waals surface area contributed by atoms with Crippen molar-refractivity contribution in [2.24, 2.45) is 5.92 Å². The van der Waals surface area contributed by atoms with Crippen molar-refractivity contribution in [2.75, 3.05) is 27.3 Å². The van der Waals surface area contributed by atoms with Crippen LogP contribution in [0.1, 0.15) is 30.9 Å². The lowest BCUT2D eigenvalue weighted by Gasteiger charge is -2.52. The van der Waals surface area contributed by atoms with Crippen LogP contribution in [0.2, 0.25) is 0 Å².